The average Bonchev–Trinajstić information content (AvgIpc) is 2.66. The average molecular weight is 411 g/mol. The van der Waals surface area contributed by atoms with Crippen LogP contribution in [0.3, 0.4) is 0 Å². The maximum Gasteiger partial charge on any atom is 0.314 e. The van der Waals surface area contributed by atoms with Crippen LogP contribution < -0.4 is 10.6 Å². The van der Waals surface area contributed by atoms with Crippen LogP contribution in [-0.4, -0.2) is 11.8 Å². The minimum Gasteiger partial charge on any atom is -0.317 e. The van der Waals surface area contributed by atoms with Gasteiger partial charge in [-0.05, 0) is 55.3 Å². The van der Waals surface area contributed by atoms with E-state index in [-0.39, 0.29) is 0 Å². The van der Waals surface area contributed by atoms with E-state index >= 15 is 0 Å². The van der Waals surface area contributed by atoms with Crippen molar-refractivity contribution in [1.29, 1.82) is 0 Å². The summed E-state index contributed by atoms with van der Waals surface area (Å²) in [7, 11) is 0. The number of benzene rings is 3. The monoisotopic (exact) mass is 410 g/mol. The zero-order valence-electron chi connectivity index (χ0n) is 15.5. The number of amides is 2. The number of hydrogen-bond donors (Lipinski definition) is 2. The largest absolute Gasteiger partial charge is 0.317 e. The highest BCUT2D eigenvalue weighted by Gasteiger charge is 2.18. The van der Waals surface area contributed by atoms with Crippen molar-refractivity contribution >= 4 is 46.6 Å². The van der Waals surface area contributed by atoms with Crippen LogP contribution in [0.1, 0.15) is 11.1 Å². The van der Waals surface area contributed by atoms with Crippen LogP contribution in [-0.2, 0) is 9.59 Å². The Morgan fingerprint density at radius 1 is 0.857 bits per heavy atom. The van der Waals surface area contributed by atoms with Gasteiger partial charge in [0.05, 0.1) is 16.4 Å². The first-order chi connectivity index (χ1) is 13.4. The quantitative estimate of drug-likeness (QED) is 0.543. The van der Waals surface area contributed by atoms with Crippen molar-refractivity contribution in [2.24, 2.45) is 0 Å². The summed E-state index contributed by atoms with van der Waals surface area (Å²) in [4.78, 5) is 26.7. The number of para-hydroxylation sites is 1. The van der Waals surface area contributed by atoms with Gasteiger partial charge in [0.2, 0.25) is 0 Å². The summed E-state index contributed by atoms with van der Waals surface area (Å²) in [5.41, 5.74) is 2.80. The minimum atomic E-state index is -0.770. The van der Waals surface area contributed by atoms with Gasteiger partial charge in [-0.25, -0.2) is 0 Å². The normalized spacial score (nSPS) is 10.4. The molecule has 0 heterocycles. The molecule has 3 rings (SSSR count). The van der Waals surface area contributed by atoms with E-state index in [1.165, 1.54) is 11.8 Å². The number of nitrogens with one attached hydrogen (secondary N) is 2. The van der Waals surface area contributed by atoms with Crippen LogP contribution in [0.4, 0.5) is 11.4 Å². The molecular formula is C22H19ClN2O2S. The number of halogens is 1. The lowest BCUT2D eigenvalue weighted by Crippen LogP contribution is -2.29. The van der Waals surface area contributed by atoms with Crippen LogP contribution in [0, 0.1) is 13.8 Å². The topological polar surface area (TPSA) is 58.2 Å². The summed E-state index contributed by atoms with van der Waals surface area (Å²) in [6.07, 6.45) is 0. The van der Waals surface area contributed by atoms with Crippen molar-refractivity contribution in [3.63, 3.8) is 0 Å². The summed E-state index contributed by atoms with van der Waals surface area (Å²) in [5.74, 6) is -1.52. The fourth-order valence-corrected chi connectivity index (χ4v) is 3.99. The summed E-state index contributed by atoms with van der Waals surface area (Å²) >= 11 is 7.72. The van der Waals surface area contributed by atoms with Gasteiger partial charge in [0.15, 0.2) is 0 Å². The molecule has 6 heteroatoms. The van der Waals surface area contributed by atoms with E-state index < -0.39 is 11.8 Å². The lowest BCUT2D eigenvalue weighted by Gasteiger charge is -2.13. The molecule has 0 radical (unpaired) electrons. The highest BCUT2D eigenvalue weighted by molar-refractivity contribution is 7.99. The van der Waals surface area contributed by atoms with Gasteiger partial charge in [0, 0.05) is 9.79 Å². The second-order valence-electron chi connectivity index (χ2n) is 6.26. The Morgan fingerprint density at radius 3 is 2.21 bits per heavy atom. The van der Waals surface area contributed by atoms with Gasteiger partial charge >= 0.3 is 11.8 Å². The maximum absolute atomic E-state index is 12.4. The Bertz CT molecular complexity index is 999. The molecule has 0 unspecified atom stereocenters. The van der Waals surface area contributed by atoms with Crippen molar-refractivity contribution < 1.29 is 9.59 Å². The number of rotatable bonds is 4. The standard InChI is InChI=1S/C22H19ClN2O2S/c1-14-12-15(2)20(17(23)13-14)25-22(27)21(26)24-18-10-6-7-11-19(18)28-16-8-4-3-5-9-16/h3-13H,1-2H3,(H,24,26)(H,25,27). The van der Waals surface area contributed by atoms with E-state index in [9.17, 15) is 9.59 Å². The first-order valence-electron chi connectivity index (χ1n) is 8.65. The van der Waals surface area contributed by atoms with E-state index in [1.807, 2.05) is 68.4 Å². The number of carbonyl (C=O) groups is 2. The zero-order chi connectivity index (χ0) is 20.1. The third-order valence-electron chi connectivity index (χ3n) is 3.98. The summed E-state index contributed by atoms with van der Waals surface area (Å²) in [5, 5.41) is 5.69. The lowest BCUT2D eigenvalue weighted by atomic mass is 10.1. The molecule has 0 aliphatic rings. The summed E-state index contributed by atoms with van der Waals surface area (Å²) < 4.78 is 0. The third-order valence-corrected chi connectivity index (χ3v) is 5.36. The summed E-state index contributed by atoms with van der Waals surface area (Å²) in [6, 6.07) is 20.8. The fraction of sp³-hybridized carbons (Fsp3) is 0.0909. The molecule has 0 saturated carbocycles. The van der Waals surface area contributed by atoms with E-state index in [0.29, 0.717) is 16.4 Å². The number of carbonyl (C=O) groups excluding carboxylic acids is 2. The smallest absolute Gasteiger partial charge is 0.314 e. The molecule has 0 aliphatic heterocycles. The van der Waals surface area contributed by atoms with Crippen molar-refractivity contribution in [2.75, 3.05) is 10.6 Å². The molecule has 0 aliphatic carbocycles. The van der Waals surface area contributed by atoms with Crippen molar-refractivity contribution in [3.8, 4) is 0 Å². The molecular weight excluding hydrogens is 392 g/mol. The predicted octanol–water partition coefficient (Wildman–Crippen LogP) is 5.69. The van der Waals surface area contributed by atoms with Crippen molar-refractivity contribution in [2.45, 2.75) is 23.6 Å². The second kappa shape index (κ2) is 8.95. The molecule has 0 bridgehead atoms. The van der Waals surface area contributed by atoms with Crippen molar-refractivity contribution in [1.82, 2.24) is 0 Å². The first-order valence-corrected chi connectivity index (χ1v) is 9.84. The highest BCUT2D eigenvalue weighted by Crippen LogP contribution is 2.33. The van der Waals surface area contributed by atoms with Gasteiger partial charge in [-0.2, -0.15) is 0 Å². The molecule has 142 valence electrons. The molecule has 0 spiro atoms. The maximum atomic E-state index is 12.4. The number of aryl methyl sites for hydroxylation is 2. The fourth-order valence-electron chi connectivity index (χ4n) is 2.70. The van der Waals surface area contributed by atoms with Gasteiger partial charge in [0.1, 0.15) is 0 Å². The van der Waals surface area contributed by atoms with E-state index in [0.717, 1.165) is 20.9 Å². The van der Waals surface area contributed by atoms with Crippen LogP contribution >= 0.6 is 23.4 Å². The molecule has 4 nitrogen and oxygen atoms in total. The van der Waals surface area contributed by atoms with Gasteiger partial charge in [-0.3, -0.25) is 9.59 Å². The molecule has 0 saturated heterocycles. The van der Waals surface area contributed by atoms with Gasteiger partial charge in [-0.15, -0.1) is 0 Å². The van der Waals surface area contributed by atoms with Gasteiger partial charge < -0.3 is 10.6 Å². The lowest BCUT2D eigenvalue weighted by molar-refractivity contribution is -0.133. The van der Waals surface area contributed by atoms with Gasteiger partial charge in [0.25, 0.3) is 0 Å². The molecule has 2 amide bonds. The Balaban J connectivity index is 1.74. The molecule has 28 heavy (non-hydrogen) atoms. The third kappa shape index (κ3) is 4.94. The Kier molecular flexibility index (Phi) is 6.39. The minimum absolute atomic E-state index is 0.402. The second-order valence-corrected chi connectivity index (χ2v) is 7.78. The van der Waals surface area contributed by atoms with E-state index in [2.05, 4.69) is 10.6 Å². The molecule has 0 fully saturated rings. The number of hydrogen-bond acceptors (Lipinski definition) is 3. The van der Waals surface area contributed by atoms with Gasteiger partial charge in [-0.1, -0.05) is 59.8 Å². The molecule has 3 aromatic rings. The number of anilines is 2. The molecule has 3 aromatic carbocycles. The highest BCUT2D eigenvalue weighted by atomic mass is 35.5. The van der Waals surface area contributed by atoms with Crippen molar-refractivity contribution in [3.05, 3.63) is 82.9 Å². The Morgan fingerprint density at radius 2 is 1.50 bits per heavy atom. The zero-order valence-corrected chi connectivity index (χ0v) is 17.0. The van der Waals surface area contributed by atoms with E-state index in [1.54, 1.807) is 12.1 Å². The SMILES string of the molecule is Cc1cc(C)c(NC(=O)C(=O)Nc2ccccc2Sc2ccccc2)c(Cl)c1. The summed E-state index contributed by atoms with van der Waals surface area (Å²) in [6.45, 7) is 3.75. The van der Waals surface area contributed by atoms with Crippen LogP contribution in [0.5, 0.6) is 0 Å². The van der Waals surface area contributed by atoms with Crippen LogP contribution in [0.25, 0.3) is 0 Å². The van der Waals surface area contributed by atoms with Crippen LogP contribution in [0.2, 0.25) is 5.02 Å². The Labute approximate surface area is 173 Å². The Hall–Kier alpha value is -2.76. The predicted molar refractivity (Wildman–Crippen MR) is 115 cm³/mol. The molecule has 0 atom stereocenters. The van der Waals surface area contributed by atoms with Crippen LogP contribution in [0.15, 0.2) is 76.5 Å². The first kappa shape index (κ1) is 20.0. The molecule has 2 N–H and O–H groups in total. The van der Waals surface area contributed by atoms with E-state index in [4.69, 9.17) is 11.6 Å². The molecule has 0 aromatic heterocycles.